The summed E-state index contributed by atoms with van der Waals surface area (Å²) in [7, 11) is 0. The number of urea groups is 1. The van der Waals surface area contributed by atoms with Gasteiger partial charge in [0, 0.05) is 5.69 Å². The van der Waals surface area contributed by atoms with Crippen molar-refractivity contribution in [1.29, 1.82) is 0 Å². The number of hydrogen-bond donors (Lipinski definition) is 2. The molecule has 160 valence electrons. The van der Waals surface area contributed by atoms with Crippen LogP contribution in [0.25, 0.3) is 0 Å². The van der Waals surface area contributed by atoms with Gasteiger partial charge in [-0.15, -0.1) is 0 Å². The SMILES string of the molecule is Cc1ccc(NC(=O)NC(=O)COC(=O)CN2C(=O)[C@H]3CCCC[C@@H]3C2=O)c(C)c1. The highest BCUT2D eigenvalue weighted by molar-refractivity contribution is 6.07. The lowest BCUT2D eigenvalue weighted by molar-refractivity contribution is -0.154. The molecule has 1 aliphatic heterocycles. The fourth-order valence-electron chi connectivity index (χ4n) is 3.98. The molecule has 3 rings (SSSR count). The number of imide groups is 2. The van der Waals surface area contributed by atoms with Gasteiger partial charge in [-0.2, -0.15) is 0 Å². The Labute approximate surface area is 174 Å². The molecule has 9 heteroatoms. The molecule has 1 heterocycles. The summed E-state index contributed by atoms with van der Waals surface area (Å²) in [6.07, 6.45) is 3.09. The molecule has 0 aromatic heterocycles. The quantitative estimate of drug-likeness (QED) is 0.557. The van der Waals surface area contributed by atoms with Gasteiger partial charge in [0.1, 0.15) is 6.54 Å². The Kier molecular flexibility index (Phi) is 6.49. The Bertz CT molecular complexity index is 873. The number of aryl methyl sites for hydroxylation is 2. The summed E-state index contributed by atoms with van der Waals surface area (Å²) < 4.78 is 4.83. The van der Waals surface area contributed by atoms with Crippen LogP contribution in [0, 0.1) is 25.7 Å². The molecule has 2 atom stereocenters. The minimum absolute atomic E-state index is 0.348. The monoisotopic (exact) mass is 415 g/mol. The number of nitrogens with one attached hydrogen (secondary N) is 2. The van der Waals surface area contributed by atoms with E-state index < -0.39 is 31.1 Å². The van der Waals surface area contributed by atoms with E-state index in [1.54, 1.807) is 6.07 Å². The summed E-state index contributed by atoms with van der Waals surface area (Å²) in [5.41, 5.74) is 2.43. The van der Waals surface area contributed by atoms with Crippen LogP contribution < -0.4 is 10.6 Å². The predicted molar refractivity (Wildman–Crippen MR) is 106 cm³/mol. The topological polar surface area (TPSA) is 122 Å². The van der Waals surface area contributed by atoms with Crippen molar-refractivity contribution in [2.24, 2.45) is 11.8 Å². The van der Waals surface area contributed by atoms with Gasteiger partial charge in [0.2, 0.25) is 11.8 Å². The first-order valence-corrected chi connectivity index (χ1v) is 9.95. The fourth-order valence-corrected chi connectivity index (χ4v) is 3.98. The maximum atomic E-state index is 12.4. The van der Waals surface area contributed by atoms with Gasteiger partial charge < -0.3 is 10.1 Å². The van der Waals surface area contributed by atoms with Crippen LogP contribution in [0.5, 0.6) is 0 Å². The van der Waals surface area contributed by atoms with E-state index in [1.165, 1.54) is 0 Å². The van der Waals surface area contributed by atoms with E-state index in [2.05, 4.69) is 10.6 Å². The van der Waals surface area contributed by atoms with E-state index in [9.17, 15) is 24.0 Å². The number of rotatable bonds is 5. The molecule has 1 aromatic carbocycles. The summed E-state index contributed by atoms with van der Waals surface area (Å²) in [5, 5.41) is 4.61. The van der Waals surface area contributed by atoms with Crippen LogP contribution in [0.1, 0.15) is 36.8 Å². The lowest BCUT2D eigenvalue weighted by atomic mass is 9.81. The number of benzene rings is 1. The van der Waals surface area contributed by atoms with Crippen molar-refractivity contribution in [3.05, 3.63) is 29.3 Å². The van der Waals surface area contributed by atoms with Gasteiger partial charge in [-0.1, -0.05) is 30.5 Å². The van der Waals surface area contributed by atoms with Gasteiger partial charge in [0.05, 0.1) is 11.8 Å². The number of carbonyl (C=O) groups is 5. The second kappa shape index (κ2) is 9.06. The third-order valence-electron chi connectivity index (χ3n) is 5.47. The molecule has 2 aliphatic rings. The number of fused-ring (bicyclic) bond motifs is 1. The Hall–Kier alpha value is -3.23. The van der Waals surface area contributed by atoms with Crippen molar-refractivity contribution in [2.75, 3.05) is 18.5 Å². The first kappa shape index (κ1) is 21.5. The molecule has 1 saturated carbocycles. The molecule has 1 aliphatic carbocycles. The van der Waals surface area contributed by atoms with Gasteiger partial charge in [-0.3, -0.25) is 29.4 Å². The van der Waals surface area contributed by atoms with E-state index >= 15 is 0 Å². The number of likely N-dealkylation sites (tertiary alicyclic amines) is 1. The van der Waals surface area contributed by atoms with Gasteiger partial charge in [-0.25, -0.2) is 4.79 Å². The van der Waals surface area contributed by atoms with Crippen molar-refractivity contribution < 1.29 is 28.7 Å². The van der Waals surface area contributed by atoms with Crippen molar-refractivity contribution in [3.63, 3.8) is 0 Å². The lowest BCUT2D eigenvalue weighted by Gasteiger charge is -2.19. The zero-order valence-corrected chi connectivity index (χ0v) is 17.0. The average Bonchev–Trinajstić information content (AvgIpc) is 2.94. The zero-order valence-electron chi connectivity index (χ0n) is 17.0. The van der Waals surface area contributed by atoms with Crippen LogP contribution in [0.2, 0.25) is 0 Å². The number of carbonyl (C=O) groups excluding carboxylic acids is 5. The van der Waals surface area contributed by atoms with Crippen molar-refractivity contribution in [3.8, 4) is 0 Å². The second-order valence-corrected chi connectivity index (χ2v) is 7.74. The molecule has 0 radical (unpaired) electrons. The number of anilines is 1. The molecular formula is C21H25N3O6. The van der Waals surface area contributed by atoms with Crippen LogP contribution >= 0.6 is 0 Å². The van der Waals surface area contributed by atoms with E-state index in [-0.39, 0.29) is 23.7 Å². The Balaban J connectivity index is 1.44. The Morgan fingerprint density at radius 2 is 1.70 bits per heavy atom. The van der Waals surface area contributed by atoms with Crippen LogP contribution in [0.3, 0.4) is 0 Å². The van der Waals surface area contributed by atoms with Gasteiger partial charge in [0.25, 0.3) is 5.91 Å². The maximum absolute atomic E-state index is 12.4. The van der Waals surface area contributed by atoms with Gasteiger partial charge in [0.15, 0.2) is 6.61 Å². The summed E-state index contributed by atoms with van der Waals surface area (Å²) in [6.45, 7) is 2.53. The predicted octanol–water partition coefficient (Wildman–Crippen LogP) is 1.67. The minimum Gasteiger partial charge on any atom is -0.454 e. The molecule has 9 nitrogen and oxygen atoms in total. The summed E-state index contributed by atoms with van der Waals surface area (Å²) in [6, 6.07) is 4.67. The van der Waals surface area contributed by atoms with E-state index in [0.717, 1.165) is 28.9 Å². The third-order valence-corrected chi connectivity index (χ3v) is 5.47. The van der Waals surface area contributed by atoms with E-state index in [1.807, 2.05) is 26.0 Å². The minimum atomic E-state index is -0.875. The average molecular weight is 415 g/mol. The fraction of sp³-hybridized carbons (Fsp3) is 0.476. The van der Waals surface area contributed by atoms with Crippen LogP contribution in [0.15, 0.2) is 18.2 Å². The molecule has 30 heavy (non-hydrogen) atoms. The van der Waals surface area contributed by atoms with E-state index in [4.69, 9.17) is 4.74 Å². The number of ether oxygens (including phenoxy) is 1. The maximum Gasteiger partial charge on any atom is 0.326 e. The van der Waals surface area contributed by atoms with Gasteiger partial charge in [-0.05, 0) is 38.3 Å². The number of esters is 1. The largest absolute Gasteiger partial charge is 0.454 e. The number of hydrogen-bond acceptors (Lipinski definition) is 6. The molecule has 2 N–H and O–H groups in total. The van der Waals surface area contributed by atoms with Crippen molar-refractivity contribution >= 4 is 35.4 Å². The normalized spacial score (nSPS) is 20.5. The summed E-state index contributed by atoms with van der Waals surface area (Å²) in [5.74, 6) is -3.09. The van der Waals surface area contributed by atoms with Crippen molar-refractivity contribution in [2.45, 2.75) is 39.5 Å². The molecule has 1 saturated heterocycles. The lowest BCUT2D eigenvalue weighted by Crippen LogP contribution is -2.40. The highest BCUT2D eigenvalue weighted by Gasteiger charge is 2.48. The second-order valence-electron chi connectivity index (χ2n) is 7.74. The third kappa shape index (κ3) is 4.84. The standard InChI is InChI=1S/C21H25N3O6/c1-12-7-8-16(13(2)9-12)22-21(29)23-17(25)11-30-18(26)10-24-19(27)14-5-3-4-6-15(14)20(24)28/h7-9,14-15H,3-6,10-11H2,1-2H3,(H2,22,23,25,29)/t14-,15-/m0/s1. The molecule has 5 amide bonds. The molecular weight excluding hydrogens is 390 g/mol. The summed E-state index contributed by atoms with van der Waals surface area (Å²) >= 11 is 0. The van der Waals surface area contributed by atoms with E-state index in [0.29, 0.717) is 18.5 Å². The zero-order chi connectivity index (χ0) is 21.8. The Morgan fingerprint density at radius 1 is 1.07 bits per heavy atom. The molecule has 0 bridgehead atoms. The first-order valence-electron chi connectivity index (χ1n) is 9.95. The Morgan fingerprint density at radius 3 is 2.30 bits per heavy atom. The number of amides is 5. The molecule has 1 aromatic rings. The molecule has 2 fully saturated rings. The first-order chi connectivity index (χ1) is 14.3. The van der Waals surface area contributed by atoms with Crippen molar-refractivity contribution in [1.82, 2.24) is 10.2 Å². The van der Waals surface area contributed by atoms with Crippen LogP contribution in [-0.2, 0) is 23.9 Å². The smallest absolute Gasteiger partial charge is 0.326 e. The van der Waals surface area contributed by atoms with Crippen LogP contribution in [0.4, 0.5) is 10.5 Å². The number of nitrogens with zero attached hydrogens (tertiary/aromatic N) is 1. The highest BCUT2D eigenvalue weighted by Crippen LogP contribution is 2.37. The van der Waals surface area contributed by atoms with Crippen LogP contribution in [-0.4, -0.2) is 47.8 Å². The summed E-state index contributed by atoms with van der Waals surface area (Å²) in [4.78, 5) is 61.4. The molecule has 0 spiro atoms. The highest BCUT2D eigenvalue weighted by atomic mass is 16.5. The van der Waals surface area contributed by atoms with Gasteiger partial charge >= 0.3 is 12.0 Å². The molecule has 0 unspecified atom stereocenters.